The Bertz CT molecular complexity index is 1280. The van der Waals surface area contributed by atoms with Crippen molar-refractivity contribution in [3.8, 4) is 11.4 Å². The van der Waals surface area contributed by atoms with Crippen LogP contribution in [0.5, 0.6) is 0 Å². The highest BCUT2D eigenvalue weighted by atomic mass is 79.9. The zero-order chi connectivity index (χ0) is 22.9. The van der Waals surface area contributed by atoms with Crippen LogP contribution in [0.3, 0.4) is 0 Å². The summed E-state index contributed by atoms with van der Waals surface area (Å²) in [6.07, 6.45) is 8.14. The minimum absolute atomic E-state index is 0.0963. The first-order valence-electron chi connectivity index (χ1n) is 11.0. The third-order valence-electron chi connectivity index (χ3n) is 5.36. The van der Waals surface area contributed by atoms with Gasteiger partial charge in [-0.15, -0.1) is 0 Å². The minimum atomic E-state index is -1.22. The van der Waals surface area contributed by atoms with Crippen molar-refractivity contribution in [3.05, 3.63) is 35.1 Å². The first-order valence-corrected chi connectivity index (χ1v) is 15.8. The molecule has 9 nitrogen and oxygen atoms in total. The Morgan fingerprint density at radius 1 is 1.19 bits per heavy atom. The Morgan fingerprint density at radius 2 is 2.00 bits per heavy atom. The number of imidazole rings is 2. The topological polar surface area (TPSA) is 84.2 Å². The smallest absolute Gasteiger partial charge is 0.281 e. The van der Waals surface area contributed by atoms with Gasteiger partial charge in [0.1, 0.15) is 12.6 Å². The van der Waals surface area contributed by atoms with Crippen LogP contribution in [0.15, 0.2) is 29.6 Å². The first-order chi connectivity index (χ1) is 15.3. The molecule has 0 radical (unpaired) electrons. The van der Waals surface area contributed by atoms with Crippen LogP contribution in [-0.4, -0.2) is 53.3 Å². The van der Waals surface area contributed by atoms with E-state index >= 15 is 0 Å². The zero-order valence-corrected chi connectivity index (χ0v) is 21.7. The number of nitrogens with zero attached hydrogens (tertiary/aromatic N) is 7. The minimum Gasteiger partial charge on any atom is -0.361 e. The fourth-order valence-electron chi connectivity index (χ4n) is 3.69. The molecule has 0 unspecified atom stereocenters. The molecule has 0 atom stereocenters. The predicted molar refractivity (Wildman–Crippen MR) is 132 cm³/mol. The number of fused-ring (bicyclic) bond motifs is 3. The molecule has 0 bridgehead atoms. The average molecular weight is 521 g/mol. The molecule has 4 rings (SSSR count). The molecule has 11 heteroatoms. The zero-order valence-electron chi connectivity index (χ0n) is 19.1. The third-order valence-corrected chi connectivity index (χ3v) is 7.42. The summed E-state index contributed by atoms with van der Waals surface area (Å²) in [6.45, 7) is 11.3. The van der Waals surface area contributed by atoms with Crippen molar-refractivity contribution in [2.45, 2.75) is 58.9 Å². The third kappa shape index (κ3) is 4.46. The molecule has 0 aliphatic heterocycles. The predicted octanol–water partition coefficient (Wildman–Crippen LogP) is 3.83. The fourth-order valence-corrected chi connectivity index (χ4v) is 4.81. The molecule has 0 aromatic carbocycles. The van der Waals surface area contributed by atoms with Gasteiger partial charge in [0.15, 0.2) is 11.2 Å². The van der Waals surface area contributed by atoms with Crippen molar-refractivity contribution in [3.63, 3.8) is 0 Å². The van der Waals surface area contributed by atoms with Crippen molar-refractivity contribution in [2.75, 3.05) is 11.9 Å². The summed E-state index contributed by atoms with van der Waals surface area (Å²) in [4.78, 5) is 22.9. The van der Waals surface area contributed by atoms with Crippen LogP contribution in [0.1, 0.15) is 13.3 Å². The average Bonchev–Trinajstić information content (AvgIpc) is 3.46. The van der Waals surface area contributed by atoms with Crippen LogP contribution >= 0.6 is 15.9 Å². The van der Waals surface area contributed by atoms with E-state index in [2.05, 4.69) is 52.6 Å². The Kier molecular flexibility index (Phi) is 6.68. The highest BCUT2D eigenvalue weighted by Gasteiger charge is 2.22. The van der Waals surface area contributed by atoms with E-state index in [1.165, 1.54) is 0 Å². The van der Waals surface area contributed by atoms with E-state index in [1.54, 1.807) is 17.0 Å². The Balaban J connectivity index is 1.87. The molecule has 4 heterocycles. The van der Waals surface area contributed by atoms with Gasteiger partial charge in [-0.25, -0.2) is 9.97 Å². The Morgan fingerprint density at radius 3 is 2.72 bits per heavy atom. The van der Waals surface area contributed by atoms with Crippen LogP contribution in [0.25, 0.3) is 28.3 Å². The molecule has 0 saturated carbocycles. The SMILES string of the molecule is CCCn1c(=O)c2c(nc(-c3cnn(CCBr)c3)n2COCC[Si](C)(C)C)n2ccnc12. The van der Waals surface area contributed by atoms with Gasteiger partial charge in [0, 0.05) is 45.1 Å². The molecule has 4 aromatic rings. The summed E-state index contributed by atoms with van der Waals surface area (Å²) in [5.74, 6) is 1.28. The lowest BCUT2D eigenvalue weighted by Crippen LogP contribution is -2.25. The number of hydrogen-bond donors (Lipinski definition) is 0. The van der Waals surface area contributed by atoms with Crippen molar-refractivity contribution in [2.24, 2.45) is 0 Å². The number of halogens is 1. The van der Waals surface area contributed by atoms with Crippen LogP contribution in [0.4, 0.5) is 0 Å². The molecule has 0 saturated heterocycles. The van der Waals surface area contributed by atoms with Crippen LogP contribution < -0.4 is 5.56 Å². The summed E-state index contributed by atoms with van der Waals surface area (Å²) in [5.41, 5.74) is 1.87. The van der Waals surface area contributed by atoms with Gasteiger partial charge >= 0.3 is 0 Å². The van der Waals surface area contributed by atoms with E-state index < -0.39 is 8.07 Å². The molecule has 0 fully saturated rings. The van der Waals surface area contributed by atoms with E-state index in [9.17, 15) is 4.79 Å². The Labute approximate surface area is 196 Å². The molecule has 0 aliphatic carbocycles. The molecule has 0 aliphatic rings. The van der Waals surface area contributed by atoms with Crippen molar-refractivity contribution in [1.82, 2.24) is 33.3 Å². The van der Waals surface area contributed by atoms with Crippen molar-refractivity contribution < 1.29 is 4.74 Å². The fraction of sp³-hybridized carbons (Fsp3) is 0.524. The molecule has 172 valence electrons. The summed E-state index contributed by atoms with van der Waals surface area (Å²) >= 11 is 3.45. The summed E-state index contributed by atoms with van der Waals surface area (Å²) < 4.78 is 13.4. The number of aromatic nitrogens is 7. The van der Waals surface area contributed by atoms with E-state index in [-0.39, 0.29) is 12.3 Å². The number of ether oxygens (including phenoxy) is 1. The molecule has 0 spiro atoms. The summed E-state index contributed by atoms with van der Waals surface area (Å²) in [5, 5.41) is 5.25. The van der Waals surface area contributed by atoms with E-state index in [4.69, 9.17) is 9.72 Å². The number of aryl methyl sites for hydroxylation is 2. The second kappa shape index (κ2) is 9.32. The van der Waals surface area contributed by atoms with Gasteiger partial charge in [0.25, 0.3) is 5.56 Å². The monoisotopic (exact) mass is 519 g/mol. The highest BCUT2D eigenvalue weighted by Crippen LogP contribution is 2.24. The quantitative estimate of drug-likeness (QED) is 0.180. The number of hydrogen-bond acceptors (Lipinski definition) is 5. The number of rotatable bonds is 10. The molecule has 0 amide bonds. The van der Waals surface area contributed by atoms with Crippen molar-refractivity contribution >= 4 is 40.9 Å². The number of alkyl halides is 1. The lowest BCUT2D eigenvalue weighted by molar-refractivity contribution is 0.0908. The molecular formula is C21H30BrN7O2Si. The van der Waals surface area contributed by atoms with Crippen LogP contribution in [-0.2, 0) is 24.6 Å². The largest absolute Gasteiger partial charge is 0.361 e. The van der Waals surface area contributed by atoms with Gasteiger partial charge in [-0.3, -0.25) is 23.0 Å². The maximum Gasteiger partial charge on any atom is 0.281 e. The normalized spacial score (nSPS) is 12.4. The summed E-state index contributed by atoms with van der Waals surface area (Å²) in [6, 6.07) is 1.06. The lowest BCUT2D eigenvalue weighted by Gasteiger charge is -2.16. The molecule has 0 N–H and O–H groups in total. The van der Waals surface area contributed by atoms with E-state index in [0.29, 0.717) is 35.9 Å². The van der Waals surface area contributed by atoms with Crippen LogP contribution in [0, 0.1) is 0 Å². The van der Waals surface area contributed by atoms with Crippen molar-refractivity contribution in [1.29, 1.82) is 0 Å². The molecule has 32 heavy (non-hydrogen) atoms. The lowest BCUT2D eigenvalue weighted by atomic mass is 10.3. The second-order valence-corrected chi connectivity index (χ2v) is 15.5. The van der Waals surface area contributed by atoms with E-state index in [0.717, 1.165) is 29.9 Å². The first kappa shape index (κ1) is 22.9. The van der Waals surface area contributed by atoms with Gasteiger partial charge in [-0.05, 0) is 12.5 Å². The highest BCUT2D eigenvalue weighted by molar-refractivity contribution is 9.09. The van der Waals surface area contributed by atoms with E-state index in [1.807, 2.05) is 26.0 Å². The van der Waals surface area contributed by atoms with Gasteiger partial charge in [-0.2, -0.15) is 5.10 Å². The summed E-state index contributed by atoms with van der Waals surface area (Å²) in [7, 11) is -1.22. The molecule has 4 aromatic heterocycles. The van der Waals surface area contributed by atoms with Gasteiger partial charge in [0.2, 0.25) is 5.78 Å². The standard InChI is InChI=1S/C21H30BrN7O2Si/c1-5-8-28-20(30)17-19(27-10-7-23-21(27)28)25-18(16-13-24-26(14-16)9-6-22)29(17)15-31-11-12-32(2,3)4/h7,10,13-14H,5-6,8-9,11-12,15H2,1-4H3. The van der Waals surface area contributed by atoms with Gasteiger partial charge in [-0.1, -0.05) is 42.5 Å². The Hall–Kier alpha value is -2.24. The van der Waals surface area contributed by atoms with Gasteiger partial charge in [0.05, 0.1) is 18.3 Å². The maximum atomic E-state index is 13.6. The van der Waals surface area contributed by atoms with Crippen LogP contribution in [0.2, 0.25) is 25.7 Å². The molecular weight excluding hydrogens is 490 g/mol. The maximum absolute atomic E-state index is 13.6. The van der Waals surface area contributed by atoms with Gasteiger partial charge < -0.3 is 4.74 Å². The second-order valence-electron chi connectivity index (χ2n) is 9.12.